The van der Waals surface area contributed by atoms with Gasteiger partial charge >= 0.3 is 6.18 Å². The number of nitrogens with one attached hydrogen (secondary N) is 1. The topological polar surface area (TPSA) is 65.0 Å². The Morgan fingerprint density at radius 2 is 1.93 bits per heavy atom. The number of amides is 2. The second-order valence-electron chi connectivity index (χ2n) is 7.05. The highest BCUT2D eigenvalue weighted by atomic mass is 19.4. The molecule has 1 atom stereocenters. The summed E-state index contributed by atoms with van der Waals surface area (Å²) >= 11 is 0. The molecule has 28 heavy (non-hydrogen) atoms. The Morgan fingerprint density at radius 1 is 1.21 bits per heavy atom. The summed E-state index contributed by atoms with van der Waals surface area (Å²) in [6.07, 6.45) is -2.27. The summed E-state index contributed by atoms with van der Waals surface area (Å²) in [5.41, 5.74) is -2.03. The van der Waals surface area contributed by atoms with Crippen LogP contribution >= 0.6 is 0 Å². The van der Waals surface area contributed by atoms with E-state index < -0.39 is 23.1 Å². The van der Waals surface area contributed by atoms with Crippen LogP contribution in [0, 0.1) is 5.41 Å². The van der Waals surface area contributed by atoms with Gasteiger partial charge in [-0.1, -0.05) is 38.8 Å². The fraction of sp³-hybridized carbons (Fsp3) is 0.526. The van der Waals surface area contributed by atoms with Crippen molar-refractivity contribution in [2.45, 2.75) is 45.7 Å². The molecule has 2 amide bonds. The van der Waals surface area contributed by atoms with Crippen LogP contribution in [0.1, 0.15) is 45.1 Å². The summed E-state index contributed by atoms with van der Waals surface area (Å²) < 4.78 is 40.1. The van der Waals surface area contributed by atoms with Crippen LogP contribution in [0.4, 0.5) is 18.9 Å². The molecule has 0 spiro atoms. The van der Waals surface area contributed by atoms with Gasteiger partial charge in [0.1, 0.15) is 18.8 Å². The van der Waals surface area contributed by atoms with Gasteiger partial charge in [-0.05, 0) is 25.0 Å². The van der Waals surface area contributed by atoms with E-state index in [-0.39, 0.29) is 30.9 Å². The molecule has 2 aliphatic heterocycles. The quantitative estimate of drug-likeness (QED) is 0.777. The van der Waals surface area contributed by atoms with Gasteiger partial charge in [-0.3, -0.25) is 19.8 Å². The molecule has 2 aliphatic rings. The number of fused-ring (bicyclic) bond motifs is 1. The number of rotatable bonds is 5. The number of hydrogen-bond acceptors (Lipinski definition) is 4. The Bertz CT molecular complexity index is 809. The van der Waals surface area contributed by atoms with Gasteiger partial charge < -0.3 is 4.90 Å². The zero-order valence-electron chi connectivity index (χ0n) is 15.8. The molecule has 9 heteroatoms. The first-order chi connectivity index (χ1) is 13.2. The molecular weight excluding hydrogens is 373 g/mol. The van der Waals surface area contributed by atoms with Crippen molar-refractivity contribution in [1.29, 1.82) is 0 Å². The summed E-state index contributed by atoms with van der Waals surface area (Å²) in [5, 5.41) is 2.68. The van der Waals surface area contributed by atoms with E-state index in [0.29, 0.717) is 19.3 Å². The van der Waals surface area contributed by atoms with E-state index >= 15 is 0 Å². The second kappa shape index (κ2) is 7.44. The summed E-state index contributed by atoms with van der Waals surface area (Å²) in [7, 11) is 0. The first kappa shape index (κ1) is 20.2. The number of nitrogens with zero attached hydrogens (tertiary/aromatic N) is 3. The molecule has 1 saturated heterocycles. The Balaban J connectivity index is 1.94. The number of halogens is 3. The fourth-order valence-corrected chi connectivity index (χ4v) is 3.69. The molecule has 3 rings (SSSR count). The predicted octanol–water partition coefficient (Wildman–Crippen LogP) is 3.34. The second-order valence-corrected chi connectivity index (χ2v) is 7.05. The molecule has 0 bridgehead atoms. The van der Waals surface area contributed by atoms with Crippen molar-refractivity contribution in [3.63, 3.8) is 0 Å². The fourth-order valence-electron chi connectivity index (χ4n) is 3.69. The number of alkyl halides is 3. The lowest BCUT2D eigenvalue weighted by Crippen LogP contribution is -2.67. The minimum absolute atomic E-state index is 0.0434. The minimum atomic E-state index is -4.52. The zero-order valence-corrected chi connectivity index (χ0v) is 15.8. The lowest BCUT2D eigenvalue weighted by atomic mass is 9.76. The summed E-state index contributed by atoms with van der Waals surface area (Å²) in [6, 6.07) is 5.21. The predicted molar refractivity (Wildman–Crippen MR) is 98.3 cm³/mol. The van der Waals surface area contributed by atoms with E-state index in [2.05, 4.69) is 10.3 Å². The molecular formula is C19H23F3N4O2. The number of carbonyl (C=O) groups excluding carboxylic acids is 2. The maximum absolute atomic E-state index is 13.4. The van der Waals surface area contributed by atoms with Gasteiger partial charge in [0, 0.05) is 0 Å². The van der Waals surface area contributed by atoms with Crippen molar-refractivity contribution < 1.29 is 22.8 Å². The molecule has 0 saturated carbocycles. The number of anilines is 1. The monoisotopic (exact) mass is 396 g/mol. The van der Waals surface area contributed by atoms with Crippen LogP contribution in [0.15, 0.2) is 29.3 Å². The number of aliphatic imine (C=N–C) groups is 1. The van der Waals surface area contributed by atoms with Crippen LogP contribution in [0.5, 0.6) is 0 Å². The van der Waals surface area contributed by atoms with E-state index in [4.69, 9.17) is 0 Å². The first-order valence-electron chi connectivity index (χ1n) is 9.33. The normalized spacial score (nSPS) is 22.7. The van der Waals surface area contributed by atoms with Crippen LogP contribution in [-0.2, 0) is 15.8 Å². The highest BCUT2D eigenvalue weighted by Crippen LogP contribution is 2.39. The van der Waals surface area contributed by atoms with Crippen LogP contribution in [0.2, 0.25) is 0 Å². The van der Waals surface area contributed by atoms with Gasteiger partial charge in [0.2, 0.25) is 17.8 Å². The Hall–Kier alpha value is -2.58. The van der Waals surface area contributed by atoms with E-state index in [0.717, 1.165) is 12.5 Å². The third-order valence-corrected chi connectivity index (χ3v) is 5.38. The van der Waals surface area contributed by atoms with Crippen molar-refractivity contribution in [1.82, 2.24) is 10.2 Å². The van der Waals surface area contributed by atoms with Crippen LogP contribution in [0.3, 0.4) is 0 Å². The number of para-hydroxylation sites is 1. The average Bonchev–Trinajstić information content (AvgIpc) is 2.67. The first-order valence-corrected chi connectivity index (χ1v) is 9.33. The number of hydrogen-bond donors (Lipinski definition) is 1. The van der Waals surface area contributed by atoms with E-state index in [1.54, 1.807) is 6.92 Å². The van der Waals surface area contributed by atoms with E-state index in [9.17, 15) is 22.8 Å². The van der Waals surface area contributed by atoms with Crippen LogP contribution in [0.25, 0.3) is 0 Å². The van der Waals surface area contributed by atoms with Gasteiger partial charge in [0.15, 0.2) is 0 Å². The molecule has 1 aromatic carbocycles. The van der Waals surface area contributed by atoms with Crippen molar-refractivity contribution in [3.8, 4) is 0 Å². The third-order valence-electron chi connectivity index (χ3n) is 5.38. The largest absolute Gasteiger partial charge is 0.418 e. The maximum atomic E-state index is 13.4. The average molecular weight is 396 g/mol. The van der Waals surface area contributed by atoms with Crippen molar-refractivity contribution >= 4 is 23.5 Å². The van der Waals surface area contributed by atoms with E-state index in [1.165, 1.54) is 28.0 Å². The minimum Gasteiger partial charge on any atom is -0.333 e. The molecule has 1 N–H and O–H groups in total. The summed E-state index contributed by atoms with van der Waals surface area (Å²) in [6.45, 7) is 3.56. The van der Waals surface area contributed by atoms with Crippen LogP contribution < -0.4 is 10.2 Å². The van der Waals surface area contributed by atoms with Crippen molar-refractivity contribution in [2.75, 3.05) is 18.2 Å². The molecule has 0 aliphatic carbocycles. The van der Waals surface area contributed by atoms with Gasteiger partial charge in [-0.25, -0.2) is 4.99 Å². The highest BCUT2D eigenvalue weighted by molar-refractivity contribution is 6.20. The van der Waals surface area contributed by atoms with Gasteiger partial charge in [-0.15, -0.1) is 0 Å². The SMILES string of the molecule is CCCCC1(CC)C(=O)NC2=NCN(c3ccccc3C(F)(F)F)CN2C1=O. The molecule has 1 unspecified atom stereocenters. The number of carbonyl (C=O) groups is 2. The van der Waals surface area contributed by atoms with Crippen molar-refractivity contribution in [2.24, 2.45) is 10.4 Å². The Kier molecular flexibility index (Phi) is 5.36. The standard InChI is InChI=1S/C19H23F3N4O2/c1-3-5-10-18(4-2)15(27)24-17-23-11-25(12-26(17)16(18)28)14-9-7-6-8-13(14)19(20,21)22/h6-9H,3-5,10-12H2,1-2H3,(H,23,24,27). The van der Waals surface area contributed by atoms with Gasteiger partial charge in [0.25, 0.3) is 0 Å². The smallest absolute Gasteiger partial charge is 0.333 e. The molecule has 0 radical (unpaired) electrons. The van der Waals surface area contributed by atoms with Gasteiger partial charge in [0.05, 0.1) is 11.3 Å². The summed E-state index contributed by atoms with van der Waals surface area (Å²) in [5.74, 6) is -0.677. The molecule has 1 fully saturated rings. The lowest BCUT2D eigenvalue weighted by Gasteiger charge is -2.45. The Morgan fingerprint density at radius 3 is 2.57 bits per heavy atom. The third kappa shape index (κ3) is 3.33. The summed E-state index contributed by atoms with van der Waals surface area (Å²) in [4.78, 5) is 32.7. The van der Waals surface area contributed by atoms with Crippen LogP contribution in [-0.4, -0.2) is 36.0 Å². The molecule has 6 nitrogen and oxygen atoms in total. The Labute approximate surface area is 161 Å². The number of unbranched alkanes of at least 4 members (excludes halogenated alkanes) is 1. The lowest BCUT2D eigenvalue weighted by molar-refractivity contribution is -0.151. The van der Waals surface area contributed by atoms with E-state index in [1.807, 2.05) is 6.92 Å². The van der Waals surface area contributed by atoms with Gasteiger partial charge in [-0.2, -0.15) is 13.2 Å². The number of benzene rings is 1. The molecule has 2 heterocycles. The molecule has 1 aromatic rings. The zero-order chi connectivity index (χ0) is 20.5. The number of guanidine groups is 1. The highest BCUT2D eigenvalue weighted by Gasteiger charge is 2.52. The maximum Gasteiger partial charge on any atom is 0.418 e. The van der Waals surface area contributed by atoms with Crippen molar-refractivity contribution in [3.05, 3.63) is 29.8 Å². The molecule has 152 valence electrons. The molecule has 0 aromatic heterocycles.